The van der Waals surface area contributed by atoms with Crippen LogP contribution in [0.5, 0.6) is 0 Å². The summed E-state index contributed by atoms with van der Waals surface area (Å²) >= 11 is 0. The van der Waals surface area contributed by atoms with Crippen LogP contribution in [0.1, 0.15) is 20.8 Å². The number of hydrogen-bond acceptors (Lipinski definition) is 1. The zero-order valence-electron chi connectivity index (χ0n) is 11.9. The summed E-state index contributed by atoms with van der Waals surface area (Å²) in [7, 11) is -0.473. The molecule has 19 heavy (non-hydrogen) atoms. The van der Waals surface area contributed by atoms with Crippen LogP contribution in [0.25, 0.3) is 0 Å². The van der Waals surface area contributed by atoms with Gasteiger partial charge < -0.3 is 0 Å². The second-order valence-electron chi connectivity index (χ2n) is 5.17. The van der Waals surface area contributed by atoms with Crippen molar-refractivity contribution in [3.05, 3.63) is 60.7 Å². The summed E-state index contributed by atoms with van der Waals surface area (Å²) in [6, 6.07) is 22.0. The Hall–Kier alpha value is -1.17. The second-order valence-corrected chi connectivity index (χ2v) is 7.13. The van der Waals surface area contributed by atoms with Crippen LogP contribution in [0.15, 0.2) is 60.7 Å². The first-order valence-corrected chi connectivity index (χ1v) is 8.19. The van der Waals surface area contributed by atoms with E-state index in [1.54, 1.807) is 0 Å². The fourth-order valence-electron chi connectivity index (χ4n) is 1.80. The van der Waals surface area contributed by atoms with Crippen molar-refractivity contribution in [3.8, 4) is 0 Å². The molecule has 1 atom stereocenters. The van der Waals surface area contributed by atoms with Gasteiger partial charge in [0.05, 0.1) is 0 Å². The van der Waals surface area contributed by atoms with Gasteiger partial charge >= 0.3 is 0 Å². The highest BCUT2D eigenvalue weighted by molar-refractivity contribution is 7.71. The molecule has 0 aliphatic rings. The Kier molecular flexibility index (Phi) is 5.13. The summed E-state index contributed by atoms with van der Waals surface area (Å²) in [5, 5.41) is 6.58. The van der Waals surface area contributed by atoms with Gasteiger partial charge in [0.15, 0.2) is 0 Å². The molecule has 1 N–H and O–H groups in total. The number of benzene rings is 2. The van der Waals surface area contributed by atoms with Crippen LogP contribution in [-0.4, -0.2) is 6.04 Å². The highest BCUT2D eigenvalue weighted by Crippen LogP contribution is 2.30. The molecule has 0 aliphatic heterocycles. The van der Waals surface area contributed by atoms with Gasteiger partial charge in [-0.3, -0.25) is 5.09 Å². The van der Waals surface area contributed by atoms with Gasteiger partial charge in [0.1, 0.15) is 0 Å². The molecule has 1 nitrogen and oxygen atoms in total. The van der Waals surface area contributed by atoms with E-state index in [1.165, 1.54) is 10.6 Å². The normalized spacial score (nSPS) is 12.9. The fraction of sp³-hybridized carbons (Fsp3) is 0.294. The van der Waals surface area contributed by atoms with Crippen LogP contribution in [0.2, 0.25) is 0 Å². The van der Waals surface area contributed by atoms with Gasteiger partial charge in [-0.05, 0) is 23.5 Å². The van der Waals surface area contributed by atoms with Crippen molar-refractivity contribution in [1.82, 2.24) is 5.09 Å². The van der Waals surface area contributed by atoms with E-state index in [4.69, 9.17) is 0 Å². The Morgan fingerprint density at radius 1 is 0.737 bits per heavy atom. The molecule has 0 spiro atoms. The molecule has 0 radical (unpaired) electrons. The van der Waals surface area contributed by atoms with Gasteiger partial charge in [0.2, 0.25) is 0 Å². The zero-order chi connectivity index (χ0) is 13.7. The standard InChI is InChI=1S/C17H22NP/c1-14(2)15(3)18-19(16-10-6-4-7-11-16)17-12-8-5-9-13-17/h4-15,18H,1-3H3. The fourth-order valence-corrected chi connectivity index (χ4v) is 4.05. The first kappa shape index (κ1) is 14.2. The van der Waals surface area contributed by atoms with Crippen molar-refractivity contribution < 1.29 is 0 Å². The van der Waals surface area contributed by atoms with Gasteiger partial charge in [-0.25, -0.2) is 0 Å². The maximum atomic E-state index is 3.81. The minimum Gasteiger partial charge on any atom is -0.285 e. The molecule has 0 bridgehead atoms. The summed E-state index contributed by atoms with van der Waals surface area (Å²) < 4.78 is 0. The molecule has 2 heteroatoms. The average Bonchev–Trinajstić information content (AvgIpc) is 2.46. The van der Waals surface area contributed by atoms with Crippen molar-refractivity contribution in [2.45, 2.75) is 26.8 Å². The third-order valence-electron chi connectivity index (χ3n) is 3.36. The van der Waals surface area contributed by atoms with Crippen molar-refractivity contribution in [2.75, 3.05) is 0 Å². The molecule has 0 aromatic heterocycles. The first-order chi connectivity index (χ1) is 9.18. The van der Waals surface area contributed by atoms with E-state index in [2.05, 4.69) is 86.5 Å². The van der Waals surface area contributed by atoms with Crippen LogP contribution in [0.3, 0.4) is 0 Å². The average molecular weight is 271 g/mol. The van der Waals surface area contributed by atoms with Gasteiger partial charge in [-0.15, -0.1) is 0 Å². The Labute approximate surface area is 117 Å². The largest absolute Gasteiger partial charge is 0.285 e. The monoisotopic (exact) mass is 271 g/mol. The van der Waals surface area contributed by atoms with Gasteiger partial charge in [0, 0.05) is 14.1 Å². The molecule has 0 amide bonds. The van der Waals surface area contributed by atoms with E-state index in [0.29, 0.717) is 12.0 Å². The number of hydrogen-bond donors (Lipinski definition) is 1. The topological polar surface area (TPSA) is 12.0 Å². The molecule has 1 unspecified atom stereocenters. The van der Waals surface area contributed by atoms with Gasteiger partial charge in [0.25, 0.3) is 0 Å². The minimum atomic E-state index is -0.473. The molecule has 100 valence electrons. The number of rotatable bonds is 5. The van der Waals surface area contributed by atoms with E-state index >= 15 is 0 Å². The van der Waals surface area contributed by atoms with Crippen LogP contribution in [0.4, 0.5) is 0 Å². The van der Waals surface area contributed by atoms with Crippen molar-refractivity contribution in [2.24, 2.45) is 5.92 Å². The molecule has 0 fully saturated rings. The Bertz CT molecular complexity index is 442. The summed E-state index contributed by atoms with van der Waals surface area (Å²) in [5.74, 6) is 0.637. The smallest absolute Gasteiger partial charge is 0.0255 e. The van der Waals surface area contributed by atoms with Crippen LogP contribution < -0.4 is 15.7 Å². The summed E-state index contributed by atoms with van der Waals surface area (Å²) in [4.78, 5) is 0. The molecule has 0 aliphatic carbocycles. The molecule has 2 aromatic rings. The van der Waals surface area contributed by atoms with Crippen molar-refractivity contribution in [1.29, 1.82) is 0 Å². The van der Waals surface area contributed by atoms with E-state index in [1.807, 2.05) is 0 Å². The maximum Gasteiger partial charge on any atom is 0.0255 e. The third kappa shape index (κ3) is 3.89. The molecule has 2 rings (SSSR count). The lowest BCUT2D eigenvalue weighted by Crippen LogP contribution is -2.33. The molecule has 0 saturated carbocycles. The lowest BCUT2D eigenvalue weighted by molar-refractivity contribution is 0.499. The Morgan fingerprint density at radius 2 is 1.16 bits per heavy atom. The van der Waals surface area contributed by atoms with E-state index < -0.39 is 8.07 Å². The quantitative estimate of drug-likeness (QED) is 0.818. The highest BCUT2D eigenvalue weighted by Gasteiger charge is 2.17. The molecular weight excluding hydrogens is 249 g/mol. The minimum absolute atomic E-state index is 0.473. The van der Waals surface area contributed by atoms with E-state index in [0.717, 1.165) is 0 Å². The van der Waals surface area contributed by atoms with Crippen LogP contribution in [-0.2, 0) is 0 Å². The molecular formula is C17H22NP. The van der Waals surface area contributed by atoms with Gasteiger partial charge in [-0.1, -0.05) is 74.5 Å². The SMILES string of the molecule is CC(C)C(C)NP(c1ccccc1)c1ccccc1. The Balaban J connectivity index is 2.29. The molecule has 0 heterocycles. The summed E-state index contributed by atoms with van der Waals surface area (Å²) in [5.41, 5.74) is 0. The summed E-state index contributed by atoms with van der Waals surface area (Å²) in [6.45, 7) is 6.80. The zero-order valence-corrected chi connectivity index (χ0v) is 12.8. The molecule has 2 aromatic carbocycles. The maximum absolute atomic E-state index is 3.81. The third-order valence-corrected chi connectivity index (χ3v) is 5.66. The lowest BCUT2D eigenvalue weighted by atomic mass is 10.1. The first-order valence-electron chi connectivity index (χ1n) is 6.85. The lowest BCUT2D eigenvalue weighted by Gasteiger charge is -2.26. The van der Waals surface area contributed by atoms with Crippen molar-refractivity contribution >= 4 is 18.7 Å². The Morgan fingerprint density at radius 3 is 1.53 bits per heavy atom. The highest BCUT2D eigenvalue weighted by atomic mass is 31.1. The summed E-state index contributed by atoms with van der Waals surface area (Å²) in [6.07, 6.45) is 0. The predicted octanol–water partition coefficient (Wildman–Crippen LogP) is 3.67. The number of nitrogens with one attached hydrogen (secondary N) is 1. The van der Waals surface area contributed by atoms with Crippen LogP contribution in [0, 0.1) is 5.92 Å². The van der Waals surface area contributed by atoms with Crippen molar-refractivity contribution in [3.63, 3.8) is 0 Å². The predicted molar refractivity (Wildman–Crippen MR) is 86.5 cm³/mol. The van der Waals surface area contributed by atoms with Crippen LogP contribution >= 0.6 is 8.07 Å². The van der Waals surface area contributed by atoms with E-state index in [-0.39, 0.29) is 0 Å². The second kappa shape index (κ2) is 6.84. The van der Waals surface area contributed by atoms with Gasteiger partial charge in [-0.2, -0.15) is 0 Å². The molecule has 0 saturated heterocycles. The van der Waals surface area contributed by atoms with E-state index in [9.17, 15) is 0 Å².